The standard InChI is InChI=1S/C22H28ClNO2.C22H29NO3.C4H8O2.Cl2OS.ClH/c1-15(2)24(16(3)4)13-12-19(17-8-6-5-7-9-17)20-14-18(22(23)26)10-11-21(20)25;1-15(2)23(16(3)4)13-12-19(17-8-6-5-7-9-17)20-14-18(22(25)26)10-11-21(20)24;1-3-6-4(2)5;1-4(2)3;/h5-11,14-16,19,25H,12-13H2,1-4H3;5-11,14-16,19,24H,12-13H2,1-4H3,(H,25,26);3H2,1-2H3;;1H. The Hall–Kier alpha value is -3.68. The molecule has 350 valence electrons. The van der Waals surface area contributed by atoms with Crippen molar-refractivity contribution < 1.29 is 38.6 Å². The molecular formula is C48H66Cl4N2O8S. The van der Waals surface area contributed by atoms with Crippen molar-refractivity contribution >= 4 is 71.8 Å². The van der Waals surface area contributed by atoms with Crippen LogP contribution in [0.5, 0.6) is 11.5 Å². The summed E-state index contributed by atoms with van der Waals surface area (Å²) < 4.78 is 13.5. The topological polar surface area (TPSA) is 145 Å². The van der Waals surface area contributed by atoms with Gasteiger partial charge < -0.3 is 20.1 Å². The second-order valence-electron chi connectivity index (χ2n) is 15.6. The van der Waals surface area contributed by atoms with Crippen LogP contribution >= 0.6 is 45.4 Å². The van der Waals surface area contributed by atoms with E-state index in [1.54, 1.807) is 31.2 Å². The van der Waals surface area contributed by atoms with Gasteiger partial charge in [-0.05, 0) is 147 Å². The summed E-state index contributed by atoms with van der Waals surface area (Å²) in [6.45, 7) is 22.9. The number of rotatable bonds is 17. The number of phenols is 2. The van der Waals surface area contributed by atoms with Crippen molar-refractivity contribution in [3.8, 4) is 11.5 Å². The monoisotopic (exact) mass is 970 g/mol. The fourth-order valence-corrected chi connectivity index (χ4v) is 7.40. The fraction of sp³-hybridized carbons (Fsp3) is 0.438. The normalized spacial score (nSPS) is 11.8. The number of phenolic OH excluding ortho intramolecular Hbond substituents is 2. The molecule has 0 aliphatic carbocycles. The Morgan fingerprint density at radius 3 is 1.24 bits per heavy atom. The molecule has 0 amide bonds. The number of carbonyl (C=O) groups is 3. The largest absolute Gasteiger partial charge is 0.508 e. The van der Waals surface area contributed by atoms with Crippen LogP contribution in [0.2, 0.25) is 0 Å². The van der Waals surface area contributed by atoms with Gasteiger partial charge in [-0.3, -0.25) is 19.4 Å². The number of esters is 1. The van der Waals surface area contributed by atoms with Crippen LogP contribution in [0.25, 0.3) is 0 Å². The van der Waals surface area contributed by atoms with Crippen molar-refractivity contribution in [3.05, 3.63) is 130 Å². The van der Waals surface area contributed by atoms with Gasteiger partial charge in [0, 0.05) is 81.0 Å². The van der Waals surface area contributed by atoms with Gasteiger partial charge in [-0.25, -0.2) is 9.00 Å². The van der Waals surface area contributed by atoms with Crippen molar-refractivity contribution in [1.29, 1.82) is 0 Å². The number of carbonyl (C=O) groups excluding carboxylic acids is 2. The average molecular weight is 973 g/mol. The SMILES string of the molecule is CC(C)N(CCC(c1ccccc1)c1cc(C(=O)Cl)ccc1O)C(C)C.CC(C)N(CCC(c1ccccc1)c1cc(C(=O)O)ccc1O)C(C)C.CCOC(C)=O.Cl.O=S(Cl)Cl. The van der Waals surface area contributed by atoms with Crippen LogP contribution in [0, 0.1) is 0 Å². The highest BCUT2D eigenvalue weighted by atomic mass is 36.0. The van der Waals surface area contributed by atoms with Crippen LogP contribution in [0.1, 0.15) is 137 Å². The van der Waals surface area contributed by atoms with Crippen LogP contribution in [0.3, 0.4) is 0 Å². The van der Waals surface area contributed by atoms with Gasteiger partial charge in [0.05, 0.1) is 12.2 Å². The molecule has 0 aliphatic rings. The molecule has 0 bridgehead atoms. The molecule has 0 radical (unpaired) electrons. The average Bonchev–Trinajstić information content (AvgIpc) is 3.19. The molecule has 15 heteroatoms. The number of nitrogens with zero attached hydrogens (tertiary/aromatic N) is 2. The zero-order valence-electron chi connectivity index (χ0n) is 38.0. The summed E-state index contributed by atoms with van der Waals surface area (Å²) >= 11 is 5.66. The third-order valence-electron chi connectivity index (χ3n) is 10.0. The predicted molar refractivity (Wildman–Crippen MR) is 263 cm³/mol. The molecule has 10 nitrogen and oxygen atoms in total. The van der Waals surface area contributed by atoms with Gasteiger partial charge >= 0.3 is 11.9 Å². The van der Waals surface area contributed by atoms with Crippen LogP contribution in [-0.4, -0.2) is 90.4 Å². The highest BCUT2D eigenvalue weighted by molar-refractivity contribution is 8.26. The third kappa shape index (κ3) is 22.2. The van der Waals surface area contributed by atoms with E-state index < -0.39 is 20.4 Å². The molecule has 2 unspecified atom stereocenters. The summed E-state index contributed by atoms with van der Waals surface area (Å²) in [5.74, 6) is -0.921. The first-order valence-electron chi connectivity index (χ1n) is 20.7. The number of aromatic carboxylic acids is 1. The maximum Gasteiger partial charge on any atom is 0.335 e. The zero-order valence-corrected chi connectivity index (χ0v) is 41.9. The molecule has 0 heterocycles. The van der Waals surface area contributed by atoms with Crippen molar-refractivity contribution in [3.63, 3.8) is 0 Å². The van der Waals surface area contributed by atoms with E-state index in [4.69, 9.17) is 15.8 Å². The van der Waals surface area contributed by atoms with Gasteiger partial charge in [-0.1, -0.05) is 60.7 Å². The van der Waals surface area contributed by atoms with Crippen LogP contribution < -0.4 is 0 Å². The molecule has 4 rings (SSSR count). The summed E-state index contributed by atoms with van der Waals surface area (Å²) in [5.41, 5.74) is 4.22. The number of hydrogen-bond donors (Lipinski definition) is 3. The Kier molecular flexibility index (Phi) is 29.4. The highest BCUT2D eigenvalue weighted by Gasteiger charge is 2.24. The molecule has 0 saturated carbocycles. The van der Waals surface area contributed by atoms with Crippen LogP contribution in [-0.2, 0) is 18.8 Å². The van der Waals surface area contributed by atoms with Gasteiger partial charge in [-0.2, -0.15) is 0 Å². The summed E-state index contributed by atoms with van der Waals surface area (Å²) in [6, 6.07) is 31.2. The Morgan fingerprint density at radius 1 is 0.635 bits per heavy atom. The Bertz CT molecular complexity index is 1820. The number of hydrogen-bond acceptors (Lipinski definition) is 9. The molecule has 0 aliphatic heterocycles. The van der Waals surface area contributed by atoms with E-state index in [1.807, 2.05) is 48.5 Å². The Morgan fingerprint density at radius 2 is 0.968 bits per heavy atom. The maximum atomic E-state index is 11.6. The fourth-order valence-electron chi connectivity index (χ4n) is 7.28. The summed E-state index contributed by atoms with van der Waals surface area (Å²) in [6.07, 6.45) is 1.64. The lowest BCUT2D eigenvalue weighted by Crippen LogP contribution is -2.38. The summed E-state index contributed by atoms with van der Waals surface area (Å²) in [7, 11) is 7.36. The van der Waals surface area contributed by atoms with E-state index in [1.165, 1.54) is 19.1 Å². The molecule has 2 atom stereocenters. The smallest absolute Gasteiger partial charge is 0.335 e. The molecule has 4 aromatic rings. The third-order valence-corrected chi connectivity index (χ3v) is 10.3. The first kappa shape index (κ1) is 59.3. The van der Waals surface area contributed by atoms with Crippen molar-refractivity contribution in [2.75, 3.05) is 19.7 Å². The van der Waals surface area contributed by atoms with E-state index in [9.17, 15) is 29.7 Å². The lowest BCUT2D eigenvalue weighted by molar-refractivity contribution is -0.140. The predicted octanol–water partition coefficient (Wildman–Crippen LogP) is 12.2. The molecule has 3 N–H and O–H groups in total. The lowest BCUT2D eigenvalue weighted by atomic mass is 9.86. The maximum absolute atomic E-state index is 11.6. The van der Waals surface area contributed by atoms with Crippen LogP contribution in [0.15, 0.2) is 97.1 Å². The molecular weight excluding hydrogens is 906 g/mol. The zero-order chi connectivity index (χ0) is 47.1. The van der Waals surface area contributed by atoms with E-state index in [0.717, 1.165) is 42.6 Å². The van der Waals surface area contributed by atoms with Gasteiger partial charge in [0.1, 0.15) is 11.5 Å². The number of benzene rings is 4. The van der Waals surface area contributed by atoms with Gasteiger partial charge in [0.2, 0.25) is 9.23 Å². The van der Waals surface area contributed by atoms with Gasteiger partial charge in [-0.15, -0.1) is 12.4 Å². The number of carboxylic acids is 1. The van der Waals surface area contributed by atoms with E-state index in [-0.39, 0.29) is 47.3 Å². The molecule has 63 heavy (non-hydrogen) atoms. The minimum absolute atomic E-state index is 0. The number of halogens is 4. The first-order chi connectivity index (χ1) is 29.1. The number of aromatic hydroxyl groups is 2. The highest BCUT2D eigenvalue weighted by Crippen LogP contribution is 2.37. The quantitative estimate of drug-likeness (QED) is 0.0691. The Labute approximate surface area is 397 Å². The second kappa shape index (κ2) is 31.2. The molecule has 0 aromatic heterocycles. The molecule has 0 saturated heterocycles. The summed E-state index contributed by atoms with van der Waals surface area (Å²) in [4.78, 5) is 37.6. The van der Waals surface area contributed by atoms with E-state index >= 15 is 0 Å². The molecule has 0 spiro atoms. The Balaban J connectivity index is 0.000000991. The number of carboxylic acid groups (broad SMARTS) is 1. The number of ether oxygens (including phenoxy) is 1. The lowest BCUT2D eigenvalue weighted by Gasteiger charge is -2.32. The van der Waals surface area contributed by atoms with Crippen molar-refractivity contribution in [2.24, 2.45) is 0 Å². The van der Waals surface area contributed by atoms with Crippen molar-refractivity contribution in [2.45, 2.75) is 118 Å². The van der Waals surface area contributed by atoms with Crippen molar-refractivity contribution in [1.82, 2.24) is 9.80 Å². The van der Waals surface area contributed by atoms with Gasteiger partial charge in [0.15, 0.2) is 0 Å². The van der Waals surface area contributed by atoms with Crippen LogP contribution in [0.4, 0.5) is 0 Å². The first-order valence-corrected chi connectivity index (χ1v) is 23.9. The molecule has 4 aromatic carbocycles. The second-order valence-corrected chi connectivity index (χ2v) is 18.5. The summed E-state index contributed by atoms with van der Waals surface area (Å²) in [5, 5.41) is 29.7. The van der Waals surface area contributed by atoms with E-state index in [0.29, 0.717) is 41.9 Å². The van der Waals surface area contributed by atoms with E-state index in [2.05, 4.69) is 103 Å². The minimum atomic E-state index is -1.67. The van der Waals surface area contributed by atoms with Gasteiger partial charge in [0.25, 0.3) is 5.24 Å². The minimum Gasteiger partial charge on any atom is -0.508 e. The molecule has 0 fully saturated rings.